The van der Waals surface area contributed by atoms with Crippen LogP contribution in [-0.2, 0) is 17.0 Å². The molecular weight excluding hydrogens is 436 g/mol. The third-order valence-electron chi connectivity index (χ3n) is 2.77. The predicted molar refractivity (Wildman–Crippen MR) is 80.5 cm³/mol. The Morgan fingerprint density at radius 1 is 1.16 bits per heavy atom. The SMILES string of the molecule is N#Cc1nn(-c2c(Cl)cc(C(F)(F)F)cc2Cl)cc1S(=O)C(F)(F)Cl. The molecule has 1 atom stereocenters. The Kier molecular flexibility index (Phi) is 5.35. The van der Waals surface area contributed by atoms with Crippen LogP contribution in [-0.4, -0.2) is 18.7 Å². The third-order valence-corrected chi connectivity index (χ3v) is 4.89. The van der Waals surface area contributed by atoms with E-state index < -0.39 is 47.9 Å². The van der Waals surface area contributed by atoms with Crippen LogP contribution in [0.5, 0.6) is 0 Å². The van der Waals surface area contributed by atoms with E-state index in [4.69, 9.17) is 28.5 Å². The molecule has 2 rings (SSSR count). The molecule has 0 saturated heterocycles. The van der Waals surface area contributed by atoms with Gasteiger partial charge in [0.05, 0.1) is 15.6 Å². The molecule has 25 heavy (non-hydrogen) atoms. The Bertz CT molecular complexity index is 878. The van der Waals surface area contributed by atoms with Crippen molar-refractivity contribution in [3.63, 3.8) is 0 Å². The van der Waals surface area contributed by atoms with Crippen molar-refractivity contribution >= 4 is 45.6 Å². The number of halogens is 8. The maximum atomic E-state index is 13.0. The first-order valence-corrected chi connectivity index (χ1v) is 8.19. The first-order valence-electron chi connectivity index (χ1n) is 5.91. The Labute approximate surface area is 154 Å². The van der Waals surface area contributed by atoms with Crippen LogP contribution >= 0.6 is 34.8 Å². The molecule has 1 unspecified atom stereocenters. The molecule has 0 aliphatic heterocycles. The van der Waals surface area contributed by atoms with E-state index in [9.17, 15) is 26.2 Å². The standard InChI is InChI=1S/C12H3Cl3F5N3OS/c13-6-1-5(11(16,17)18)2-7(14)10(6)23-4-9(8(3-21)22-23)25(24)12(15,19)20/h1-2,4H. The second kappa shape index (κ2) is 6.72. The summed E-state index contributed by atoms with van der Waals surface area (Å²) in [6, 6.07) is 2.52. The summed E-state index contributed by atoms with van der Waals surface area (Å²) in [5.74, 6) is 0. The highest BCUT2D eigenvalue weighted by Crippen LogP contribution is 2.38. The van der Waals surface area contributed by atoms with Crippen molar-refractivity contribution in [2.45, 2.75) is 15.8 Å². The minimum Gasteiger partial charge on any atom is -0.247 e. The van der Waals surface area contributed by atoms with Crippen LogP contribution in [0.25, 0.3) is 5.69 Å². The maximum absolute atomic E-state index is 13.0. The quantitative estimate of drug-likeness (QED) is 0.502. The number of rotatable bonds is 3. The van der Waals surface area contributed by atoms with Gasteiger partial charge in [-0.1, -0.05) is 23.2 Å². The molecule has 0 radical (unpaired) electrons. The van der Waals surface area contributed by atoms with Gasteiger partial charge in [-0.25, -0.2) is 8.89 Å². The van der Waals surface area contributed by atoms with Gasteiger partial charge < -0.3 is 0 Å². The van der Waals surface area contributed by atoms with Crippen LogP contribution < -0.4 is 0 Å². The van der Waals surface area contributed by atoms with Crippen molar-refractivity contribution in [1.29, 1.82) is 5.26 Å². The summed E-state index contributed by atoms with van der Waals surface area (Å²) < 4.78 is 72.3. The number of nitrogens with zero attached hydrogens (tertiary/aromatic N) is 3. The van der Waals surface area contributed by atoms with Gasteiger partial charge in [-0.05, 0) is 23.7 Å². The van der Waals surface area contributed by atoms with Gasteiger partial charge in [-0.3, -0.25) is 0 Å². The van der Waals surface area contributed by atoms with Crippen LogP contribution in [0.2, 0.25) is 10.0 Å². The molecule has 4 nitrogen and oxygen atoms in total. The number of aromatic nitrogens is 2. The molecule has 1 aromatic heterocycles. The number of hydrogen-bond acceptors (Lipinski definition) is 3. The predicted octanol–water partition coefficient (Wildman–Crippen LogP) is 4.97. The lowest BCUT2D eigenvalue weighted by Crippen LogP contribution is -2.15. The van der Waals surface area contributed by atoms with Crippen molar-refractivity contribution in [1.82, 2.24) is 9.78 Å². The molecule has 0 bridgehead atoms. The fraction of sp³-hybridized carbons (Fsp3) is 0.167. The molecule has 0 aliphatic rings. The molecule has 2 aromatic rings. The molecule has 0 N–H and O–H groups in total. The Hall–Kier alpha value is -1.41. The Morgan fingerprint density at radius 2 is 1.68 bits per heavy atom. The molecule has 0 aliphatic carbocycles. The zero-order valence-electron chi connectivity index (χ0n) is 11.4. The summed E-state index contributed by atoms with van der Waals surface area (Å²) in [7, 11) is -3.14. The van der Waals surface area contributed by atoms with Gasteiger partial charge in [0.2, 0.25) is 0 Å². The van der Waals surface area contributed by atoms with E-state index in [-0.39, 0.29) is 5.69 Å². The van der Waals surface area contributed by atoms with Gasteiger partial charge in [0.1, 0.15) is 27.5 Å². The lowest BCUT2D eigenvalue weighted by molar-refractivity contribution is -0.137. The average molecular weight is 439 g/mol. The highest BCUT2D eigenvalue weighted by atomic mass is 35.5. The third kappa shape index (κ3) is 4.06. The molecule has 0 amide bonds. The Balaban J connectivity index is 2.64. The molecule has 1 heterocycles. The first kappa shape index (κ1) is 19.9. The second-order valence-electron chi connectivity index (χ2n) is 4.40. The number of alkyl halides is 6. The first-order chi connectivity index (χ1) is 11.4. The van der Waals surface area contributed by atoms with Crippen LogP contribution in [0.1, 0.15) is 11.3 Å². The van der Waals surface area contributed by atoms with Gasteiger partial charge in [0.25, 0.3) is 0 Å². The highest BCUT2D eigenvalue weighted by Gasteiger charge is 2.38. The van der Waals surface area contributed by atoms with Crippen molar-refractivity contribution < 1.29 is 26.2 Å². The van der Waals surface area contributed by atoms with Crippen LogP contribution in [0.15, 0.2) is 23.2 Å². The molecule has 134 valence electrons. The lowest BCUT2D eigenvalue weighted by Gasteiger charge is -2.12. The summed E-state index contributed by atoms with van der Waals surface area (Å²) in [6.07, 6.45) is -3.99. The summed E-state index contributed by atoms with van der Waals surface area (Å²) >= 11 is 16.2. The summed E-state index contributed by atoms with van der Waals surface area (Å²) in [5.41, 5.74) is -2.13. The molecule has 13 heteroatoms. The minimum atomic E-state index is -4.72. The van der Waals surface area contributed by atoms with Gasteiger partial charge >= 0.3 is 10.9 Å². The number of benzene rings is 1. The van der Waals surface area contributed by atoms with Crippen molar-refractivity contribution in [2.24, 2.45) is 0 Å². The van der Waals surface area contributed by atoms with Crippen LogP contribution in [0.3, 0.4) is 0 Å². The zero-order valence-corrected chi connectivity index (χ0v) is 14.5. The number of hydrogen-bond donors (Lipinski definition) is 0. The normalized spacial score (nSPS) is 13.6. The van der Waals surface area contributed by atoms with Gasteiger partial charge in [0, 0.05) is 6.20 Å². The minimum absolute atomic E-state index is 0.311. The van der Waals surface area contributed by atoms with Gasteiger partial charge in [-0.15, -0.1) is 0 Å². The molecule has 0 saturated carbocycles. The van der Waals surface area contributed by atoms with E-state index in [0.717, 1.165) is 6.20 Å². The highest BCUT2D eigenvalue weighted by molar-refractivity contribution is 7.87. The summed E-state index contributed by atoms with van der Waals surface area (Å²) in [4.78, 5) is -0.727. The van der Waals surface area contributed by atoms with Gasteiger partial charge in [0.15, 0.2) is 5.69 Å². The van der Waals surface area contributed by atoms with Crippen molar-refractivity contribution in [2.75, 3.05) is 0 Å². The number of nitriles is 1. The largest absolute Gasteiger partial charge is 0.416 e. The van der Waals surface area contributed by atoms with E-state index in [0.29, 0.717) is 16.8 Å². The lowest BCUT2D eigenvalue weighted by atomic mass is 10.2. The molecule has 0 fully saturated rings. The fourth-order valence-electron chi connectivity index (χ4n) is 1.76. The maximum Gasteiger partial charge on any atom is 0.416 e. The van der Waals surface area contributed by atoms with Crippen molar-refractivity contribution in [3.8, 4) is 11.8 Å². The fourth-order valence-corrected chi connectivity index (χ4v) is 3.38. The van der Waals surface area contributed by atoms with E-state index in [1.807, 2.05) is 0 Å². The topological polar surface area (TPSA) is 58.7 Å². The van der Waals surface area contributed by atoms with Crippen LogP contribution in [0, 0.1) is 11.3 Å². The summed E-state index contributed by atoms with van der Waals surface area (Å²) in [6.45, 7) is 0. The van der Waals surface area contributed by atoms with Gasteiger partial charge in [-0.2, -0.15) is 32.3 Å². The summed E-state index contributed by atoms with van der Waals surface area (Å²) in [5, 5.41) is 11.5. The Morgan fingerprint density at radius 3 is 2.08 bits per heavy atom. The molecule has 1 aromatic carbocycles. The smallest absolute Gasteiger partial charge is 0.247 e. The zero-order chi connectivity index (χ0) is 19.2. The average Bonchev–Trinajstić information content (AvgIpc) is 2.87. The van der Waals surface area contributed by atoms with Crippen molar-refractivity contribution in [3.05, 3.63) is 39.6 Å². The monoisotopic (exact) mass is 437 g/mol. The van der Waals surface area contributed by atoms with E-state index in [2.05, 4.69) is 16.7 Å². The van der Waals surface area contributed by atoms with E-state index >= 15 is 0 Å². The van der Waals surface area contributed by atoms with E-state index in [1.165, 1.54) is 6.07 Å². The molecule has 0 spiro atoms. The molecular formula is C12H3Cl3F5N3OS. The second-order valence-corrected chi connectivity index (χ2v) is 7.40. The van der Waals surface area contributed by atoms with E-state index in [1.54, 1.807) is 0 Å². The van der Waals surface area contributed by atoms with Crippen LogP contribution in [0.4, 0.5) is 22.0 Å².